The summed E-state index contributed by atoms with van der Waals surface area (Å²) in [6.45, 7) is 5.85. The molecule has 1 aromatic carbocycles. The molecular formula is C17H20N4O2. The van der Waals surface area contributed by atoms with Crippen molar-refractivity contribution in [2.75, 3.05) is 0 Å². The molecule has 23 heavy (non-hydrogen) atoms. The smallest absolute Gasteiger partial charge is 0.291 e. The number of benzene rings is 1. The molecule has 0 saturated carbocycles. The number of H-pyrrole nitrogens is 1. The second-order valence-electron chi connectivity index (χ2n) is 5.95. The van der Waals surface area contributed by atoms with E-state index >= 15 is 0 Å². The van der Waals surface area contributed by atoms with Crippen LogP contribution in [0, 0.1) is 6.92 Å². The number of carbonyl (C=O) groups excluding carboxylic acids is 1. The van der Waals surface area contributed by atoms with Gasteiger partial charge in [0, 0.05) is 22.3 Å². The second-order valence-corrected chi connectivity index (χ2v) is 5.95. The van der Waals surface area contributed by atoms with Gasteiger partial charge in [-0.1, -0.05) is 18.6 Å². The van der Waals surface area contributed by atoms with E-state index < -0.39 is 0 Å². The maximum Gasteiger partial charge on any atom is 0.291 e. The molecule has 0 aliphatic carbocycles. The summed E-state index contributed by atoms with van der Waals surface area (Å²) in [7, 11) is 0. The van der Waals surface area contributed by atoms with E-state index in [0.29, 0.717) is 5.52 Å². The predicted molar refractivity (Wildman–Crippen MR) is 90.5 cm³/mol. The molecule has 120 valence electrons. The lowest BCUT2D eigenvalue weighted by Gasteiger charge is -2.11. The molecule has 0 fully saturated rings. The van der Waals surface area contributed by atoms with Gasteiger partial charge < -0.3 is 10.3 Å². The van der Waals surface area contributed by atoms with Crippen LogP contribution in [0.4, 0.5) is 0 Å². The molecule has 0 spiro atoms. The number of aromatic nitrogens is 3. The number of aryl methyl sites for hydroxylation is 1. The van der Waals surface area contributed by atoms with Crippen molar-refractivity contribution in [1.82, 2.24) is 20.1 Å². The Hall–Kier alpha value is -2.63. The van der Waals surface area contributed by atoms with Gasteiger partial charge in [-0.15, -0.1) is 0 Å². The summed E-state index contributed by atoms with van der Waals surface area (Å²) >= 11 is 0. The fraction of sp³-hybridized carbons (Fsp3) is 0.353. The molecule has 2 heterocycles. The van der Waals surface area contributed by atoms with Crippen LogP contribution in [0.1, 0.15) is 25.8 Å². The van der Waals surface area contributed by atoms with E-state index in [4.69, 9.17) is 0 Å². The summed E-state index contributed by atoms with van der Waals surface area (Å²) in [6, 6.07) is 6.04. The summed E-state index contributed by atoms with van der Waals surface area (Å²) in [5.74, 6) is -0.208. The molecule has 0 unspecified atom stereocenters. The Morgan fingerprint density at radius 3 is 2.91 bits per heavy atom. The van der Waals surface area contributed by atoms with Gasteiger partial charge in [0.15, 0.2) is 0 Å². The number of fused-ring (bicyclic) bond motifs is 3. The van der Waals surface area contributed by atoms with Crippen molar-refractivity contribution >= 4 is 27.7 Å². The normalized spacial score (nSPS) is 12.7. The minimum Gasteiger partial charge on any atom is -0.352 e. The van der Waals surface area contributed by atoms with Crippen LogP contribution < -0.4 is 10.9 Å². The largest absolute Gasteiger partial charge is 0.352 e. The highest BCUT2D eigenvalue weighted by atomic mass is 16.2. The van der Waals surface area contributed by atoms with Crippen LogP contribution >= 0.6 is 0 Å². The maximum atomic E-state index is 12.6. The molecule has 0 bridgehead atoms. The van der Waals surface area contributed by atoms with Gasteiger partial charge in [-0.3, -0.25) is 9.59 Å². The number of amides is 1. The van der Waals surface area contributed by atoms with Gasteiger partial charge in [0.2, 0.25) is 5.91 Å². The topological polar surface area (TPSA) is 79.8 Å². The van der Waals surface area contributed by atoms with Crippen LogP contribution in [0.5, 0.6) is 0 Å². The van der Waals surface area contributed by atoms with E-state index in [2.05, 4.69) is 15.4 Å². The summed E-state index contributed by atoms with van der Waals surface area (Å²) < 4.78 is 1.20. The number of rotatable bonds is 4. The summed E-state index contributed by atoms with van der Waals surface area (Å²) in [6.07, 6.45) is 2.49. The third kappa shape index (κ3) is 2.84. The molecule has 0 aliphatic rings. The molecule has 6 heteroatoms. The number of hydrogen-bond acceptors (Lipinski definition) is 3. The number of carbonyl (C=O) groups is 1. The van der Waals surface area contributed by atoms with Crippen LogP contribution in [-0.4, -0.2) is 26.7 Å². The quantitative estimate of drug-likeness (QED) is 0.774. The average Bonchev–Trinajstić information content (AvgIpc) is 2.88. The van der Waals surface area contributed by atoms with Gasteiger partial charge in [-0.05, 0) is 32.4 Å². The first-order valence-electron chi connectivity index (χ1n) is 7.77. The highest BCUT2D eigenvalue weighted by Gasteiger charge is 2.13. The van der Waals surface area contributed by atoms with Crippen LogP contribution in [0.25, 0.3) is 21.8 Å². The lowest BCUT2D eigenvalue weighted by Crippen LogP contribution is -2.37. The predicted octanol–water partition coefficient (Wildman–Crippen LogP) is 2.10. The van der Waals surface area contributed by atoms with Gasteiger partial charge in [-0.2, -0.15) is 5.10 Å². The molecule has 3 aromatic rings. The Morgan fingerprint density at radius 2 is 2.17 bits per heavy atom. The standard InChI is InChI=1S/C17H20N4O2/c1-4-11(3)19-15(22)9-21-17(23)16-13(8-18-21)12-7-10(2)5-6-14(12)20-16/h5-8,11,20H,4,9H2,1-3H3,(H,19,22)/t11-/m1/s1. The first kappa shape index (κ1) is 15.3. The van der Waals surface area contributed by atoms with Gasteiger partial charge in [-0.25, -0.2) is 4.68 Å². The first-order valence-corrected chi connectivity index (χ1v) is 7.77. The fourth-order valence-corrected chi connectivity index (χ4v) is 2.61. The summed E-state index contributed by atoms with van der Waals surface area (Å²) in [4.78, 5) is 27.7. The second kappa shape index (κ2) is 5.87. The average molecular weight is 312 g/mol. The Kier molecular flexibility index (Phi) is 3.90. The fourth-order valence-electron chi connectivity index (χ4n) is 2.61. The van der Waals surface area contributed by atoms with E-state index in [1.807, 2.05) is 39.0 Å². The first-order chi connectivity index (χ1) is 11.0. The summed E-state index contributed by atoms with van der Waals surface area (Å²) in [5, 5.41) is 8.75. The maximum absolute atomic E-state index is 12.6. The number of hydrogen-bond donors (Lipinski definition) is 2. The van der Waals surface area contributed by atoms with E-state index in [1.54, 1.807) is 6.20 Å². The summed E-state index contributed by atoms with van der Waals surface area (Å²) in [5.41, 5.74) is 2.22. The number of nitrogens with zero attached hydrogens (tertiary/aromatic N) is 2. The molecule has 2 aromatic heterocycles. The zero-order valence-electron chi connectivity index (χ0n) is 13.5. The molecule has 0 saturated heterocycles. The van der Waals surface area contributed by atoms with Crippen LogP contribution in [0.15, 0.2) is 29.2 Å². The molecule has 3 rings (SSSR count). The van der Waals surface area contributed by atoms with Crippen molar-refractivity contribution in [3.63, 3.8) is 0 Å². The zero-order chi connectivity index (χ0) is 16.6. The van der Waals surface area contributed by atoms with E-state index in [-0.39, 0.29) is 24.1 Å². The lowest BCUT2D eigenvalue weighted by molar-refractivity contribution is -0.122. The molecule has 6 nitrogen and oxygen atoms in total. The minimum atomic E-state index is -0.282. The molecule has 1 amide bonds. The van der Waals surface area contributed by atoms with Crippen LogP contribution in [0.3, 0.4) is 0 Å². The Labute approximate surface area is 133 Å². The van der Waals surface area contributed by atoms with E-state index in [9.17, 15) is 9.59 Å². The number of nitrogens with one attached hydrogen (secondary N) is 2. The van der Waals surface area contributed by atoms with Crippen molar-refractivity contribution in [1.29, 1.82) is 0 Å². The van der Waals surface area contributed by atoms with Crippen LogP contribution in [-0.2, 0) is 11.3 Å². The molecule has 0 radical (unpaired) electrons. The van der Waals surface area contributed by atoms with Crippen molar-refractivity contribution in [3.05, 3.63) is 40.3 Å². The Balaban J connectivity index is 2.01. The molecule has 0 aliphatic heterocycles. The van der Waals surface area contributed by atoms with Crippen molar-refractivity contribution in [2.24, 2.45) is 0 Å². The Bertz CT molecular complexity index is 939. The van der Waals surface area contributed by atoms with Gasteiger partial charge in [0.25, 0.3) is 5.56 Å². The highest BCUT2D eigenvalue weighted by molar-refractivity contribution is 6.06. The van der Waals surface area contributed by atoms with Gasteiger partial charge >= 0.3 is 0 Å². The molecular weight excluding hydrogens is 292 g/mol. The van der Waals surface area contributed by atoms with Gasteiger partial charge in [0.1, 0.15) is 12.1 Å². The van der Waals surface area contributed by atoms with Crippen molar-refractivity contribution in [3.8, 4) is 0 Å². The monoisotopic (exact) mass is 312 g/mol. The lowest BCUT2D eigenvalue weighted by atomic mass is 10.1. The SMILES string of the molecule is CC[C@@H](C)NC(=O)Cn1ncc2c([nH]c3ccc(C)cc32)c1=O. The van der Waals surface area contributed by atoms with Crippen molar-refractivity contribution < 1.29 is 4.79 Å². The third-order valence-corrected chi connectivity index (χ3v) is 4.08. The molecule has 2 N–H and O–H groups in total. The highest BCUT2D eigenvalue weighted by Crippen LogP contribution is 2.23. The van der Waals surface area contributed by atoms with Gasteiger partial charge in [0.05, 0.1) is 6.20 Å². The van der Waals surface area contributed by atoms with Crippen molar-refractivity contribution in [2.45, 2.75) is 39.8 Å². The van der Waals surface area contributed by atoms with Crippen LogP contribution in [0.2, 0.25) is 0 Å². The minimum absolute atomic E-state index is 0.0759. The third-order valence-electron chi connectivity index (χ3n) is 4.08. The Morgan fingerprint density at radius 1 is 1.39 bits per heavy atom. The van der Waals surface area contributed by atoms with E-state index in [1.165, 1.54) is 4.68 Å². The molecule has 1 atom stereocenters. The zero-order valence-corrected chi connectivity index (χ0v) is 13.5. The number of aromatic amines is 1. The van der Waals surface area contributed by atoms with E-state index in [0.717, 1.165) is 28.3 Å².